The van der Waals surface area contributed by atoms with E-state index in [2.05, 4.69) is 20.9 Å². The maximum atomic E-state index is 12.8. The number of amides is 3. The van der Waals surface area contributed by atoms with Crippen molar-refractivity contribution in [3.05, 3.63) is 40.9 Å². The summed E-state index contributed by atoms with van der Waals surface area (Å²) in [4.78, 5) is 44.7. The smallest absolute Gasteiger partial charge is 0.255 e. The zero-order valence-corrected chi connectivity index (χ0v) is 17.1. The fraction of sp³-hybridized carbons (Fsp3) is 0.400. The fourth-order valence-corrected chi connectivity index (χ4v) is 4.48. The summed E-state index contributed by atoms with van der Waals surface area (Å²) < 4.78 is 0. The van der Waals surface area contributed by atoms with Crippen LogP contribution in [0.4, 0.5) is 10.8 Å². The summed E-state index contributed by atoms with van der Waals surface area (Å²) in [5, 5.41) is 9.76. The van der Waals surface area contributed by atoms with Gasteiger partial charge in [-0.2, -0.15) is 0 Å². The number of carbonyl (C=O) groups excluding carboxylic acids is 3. The van der Waals surface area contributed by atoms with Crippen LogP contribution in [0.25, 0.3) is 0 Å². The van der Waals surface area contributed by atoms with Crippen molar-refractivity contribution in [3.8, 4) is 0 Å². The molecule has 1 fully saturated rings. The van der Waals surface area contributed by atoms with Crippen molar-refractivity contribution in [3.63, 3.8) is 0 Å². The van der Waals surface area contributed by atoms with Crippen molar-refractivity contribution in [2.75, 3.05) is 17.2 Å². The Bertz CT molecular complexity index is 975. The number of thiazole rings is 1. The third kappa shape index (κ3) is 3.82. The van der Waals surface area contributed by atoms with Gasteiger partial charge in [0.25, 0.3) is 5.91 Å². The van der Waals surface area contributed by atoms with E-state index in [1.54, 1.807) is 24.1 Å². The zero-order chi connectivity index (χ0) is 20.6. The molecule has 0 radical (unpaired) electrons. The van der Waals surface area contributed by atoms with E-state index < -0.39 is 11.7 Å². The molecule has 2 aliphatic heterocycles. The molecular weight excluding hydrogens is 390 g/mol. The second-order valence-corrected chi connectivity index (χ2v) is 8.72. The fourth-order valence-electron chi connectivity index (χ4n) is 3.81. The topological polar surface area (TPSA) is 103 Å². The van der Waals surface area contributed by atoms with Gasteiger partial charge in [-0.05, 0) is 32.4 Å². The molecule has 0 saturated carbocycles. The molecule has 9 heteroatoms. The summed E-state index contributed by atoms with van der Waals surface area (Å²) in [6, 6.07) is 6.70. The molecule has 0 bridgehead atoms. The average Bonchev–Trinajstić information content (AvgIpc) is 3.04. The highest BCUT2D eigenvalue weighted by Gasteiger charge is 2.41. The van der Waals surface area contributed by atoms with E-state index in [9.17, 15) is 14.4 Å². The van der Waals surface area contributed by atoms with Crippen molar-refractivity contribution >= 4 is 39.9 Å². The summed E-state index contributed by atoms with van der Waals surface area (Å²) in [7, 11) is 0. The minimum Gasteiger partial charge on any atom is -0.362 e. The number of aryl methyl sites for hydroxylation is 1. The molecule has 3 heterocycles. The Morgan fingerprint density at radius 1 is 1.28 bits per heavy atom. The number of nitrogens with zero attached hydrogens (tertiary/aromatic N) is 2. The molecule has 29 heavy (non-hydrogen) atoms. The van der Waals surface area contributed by atoms with E-state index >= 15 is 0 Å². The van der Waals surface area contributed by atoms with Gasteiger partial charge in [-0.25, -0.2) is 4.98 Å². The minimum absolute atomic E-state index is 0.102. The van der Waals surface area contributed by atoms with Crippen LogP contribution in [-0.4, -0.2) is 45.9 Å². The first-order valence-electron chi connectivity index (χ1n) is 9.59. The van der Waals surface area contributed by atoms with Crippen LogP contribution in [-0.2, 0) is 9.59 Å². The first-order chi connectivity index (χ1) is 13.9. The number of para-hydroxylation sites is 1. The molecule has 152 valence electrons. The van der Waals surface area contributed by atoms with Crippen molar-refractivity contribution in [2.45, 2.75) is 44.8 Å². The second kappa shape index (κ2) is 7.47. The Morgan fingerprint density at radius 2 is 2.07 bits per heavy atom. The number of likely N-dealkylation sites (tertiary alicyclic amines) is 1. The van der Waals surface area contributed by atoms with E-state index in [0.29, 0.717) is 30.1 Å². The largest absolute Gasteiger partial charge is 0.362 e. The lowest BCUT2D eigenvalue weighted by molar-refractivity contribution is -0.137. The van der Waals surface area contributed by atoms with E-state index in [1.165, 1.54) is 11.3 Å². The Hall–Kier alpha value is -2.94. The molecule has 1 spiro atoms. The number of aromatic nitrogens is 1. The molecule has 4 rings (SSSR count). The van der Waals surface area contributed by atoms with Gasteiger partial charge >= 0.3 is 0 Å². The van der Waals surface area contributed by atoms with Crippen LogP contribution in [0.2, 0.25) is 0 Å². The third-order valence-electron chi connectivity index (χ3n) is 5.46. The zero-order valence-electron chi connectivity index (χ0n) is 16.3. The molecule has 0 aliphatic carbocycles. The summed E-state index contributed by atoms with van der Waals surface area (Å²) >= 11 is 1.39. The normalized spacial score (nSPS) is 22.3. The maximum Gasteiger partial charge on any atom is 0.255 e. The summed E-state index contributed by atoms with van der Waals surface area (Å²) in [5.41, 5.74) is 0.664. The van der Waals surface area contributed by atoms with Crippen LogP contribution in [0.15, 0.2) is 30.5 Å². The van der Waals surface area contributed by atoms with Gasteiger partial charge in [0.05, 0.1) is 5.56 Å². The summed E-state index contributed by atoms with van der Waals surface area (Å²) in [6.07, 6.45) is 2.90. The van der Waals surface area contributed by atoms with Crippen LogP contribution in [0.5, 0.6) is 0 Å². The van der Waals surface area contributed by atoms with Gasteiger partial charge in [0.1, 0.15) is 11.7 Å². The number of benzene rings is 1. The molecule has 0 unspecified atom stereocenters. The van der Waals surface area contributed by atoms with Gasteiger partial charge < -0.3 is 20.9 Å². The van der Waals surface area contributed by atoms with Crippen LogP contribution in [0, 0.1) is 6.92 Å². The molecule has 2 aliphatic rings. The maximum absolute atomic E-state index is 12.8. The van der Waals surface area contributed by atoms with Crippen molar-refractivity contribution in [2.24, 2.45) is 0 Å². The van der Waals surface area contributed by atoms with Crippen LogP contribution >= 0.6 is 11.3 Å². The monoisotopic (exact) mass is 413 g/mol. The quantitative estimate of drug-likeness (QED) is 0.717. The number of hydrogen-bond donors (Lipinski definition) is 3. The Labute approximate surface area is 172 Å². The number of hydrogen-bond acceptors (Lipinski definition) is 6. The first kappa shape index (κ1) is 19.4. The third-order valence-corrected chi connectivity index (χ3v) is 6.29. The number of carbonyl (C=O) groups is 3. The van der Waals surface area contributed by atoms with Crippen LogP contribution in [0.1, 0.15) is 41.4 Å². The van der Waals surface area contributed by atoms with E-state index in [0.717, 1.165) is 10.6 Å². The molecular formula is C20H23N5O3S. The lowest BCUT2D eigenvalue weighted by Crippen LogP contribution is -2.58. The number of nitrogens with one attached hydrogen (secondary N) is 3. The van der Waals surface area contributed by atoms with Gasteiger partial charge in [-0.15, -0.1) is 11.3 Å². The number of rotatable bonds is 3. The predicted octanol–water partition coefficient (Wildman–Crippen LogP) is 2.34. The SMILES string of the molecule is Cc1cnc(NC(=O)[C@H](C)N2CC[C@@]3(CCC2=O)NC(=O)c2ccccc2N3)s1. The molecule has 1 saturated heterocycles. The van der Waals surface area contributed by atoms with Crippen molar-refractivity contribution < 1.29 is 14.4 Å². The standard InChI is InChI=1S/C20H23N5O3S/c1-12-11-21-19(29-12)22-17(27)13(2)25-10-9-20(8-7-16(25)26)23-15-6-4-3-5-14(15)18(28)24-20/h3-6,11,13,23H,7-10H2,1-2H3,(H,24,28)(H,21,22,27)/t13-,20+/m0/s1. The van der Waals surface area contributed by atoms with Gasteiger partial charge in [0, 0.05) is 36.1 Å². The van der Waals surface area contributed by atoms with Gasteiger partial charge in [0.2, 0.25) is 11.8 Å². The summed E-state index contributed by atoms with van der Waals surface area (Å²) in [5.74, 6) is -0.519. The highest BCUT2D eigenvalue weighted by atomic mass is 32.1. The minimum atomic E-state index is -0.696. The first-order valence-corrected chi connectivity index (χ1v) is 10.4. The van der Waals surface area contributed by atoms with Crippen LogP contribution < -0.4 is 16.0 Å². The Kier molecular flexibility index (Phi) is 4.99. The number of anilines is 2. The van der Waals surface area contributed by atoms with Crippen molar-refractivity contribution in [1.29, 1.82) is 0 Å². The molecule has 3 N–H and O–H groups in total. The molecule has 2 atom stereocenters. The highest BCUT2D eigenvalue weighted by molar-refractivity contribution is 7.15. The van der Waals surface area contributed by atoms with Crippen molar-refractivity contribution in [1.82, 2.24) is 15.2 Å². The molecule has 1 aromatic heterocycles. The average molecular weight is 414 g/mol. The lowest BCUT2D eigenvalue weighted by Gasteiger charge is -2.40. The Morgan fingerprint density at radius 3 is 2.83 bits per heavy atom. The molecule has 2 aromatic rings. The van der Waals surface area contributed by atoms with Gasteiger partial charge in [-0.3, -0.25) is 14.4 Å². The highest BCUT2D eigenvalue weighted by Crippen LogP contribution is 2.32. The van der Waals surface area contributed by atoms with Gasteiger partial charge in [-0.1, -0.05) is 12.1 Å². The van der Waals surface area contributed by atoms with E-state index in [1.807, 2.05) is 25.1 Å². The lowest BCUT2D eigenvalue weighted by atomic mass is 9.95. The van der Waals surface area contributed by atoms with Gasteiger partial charge in [0.15, 0.2) is 5.13 Å². The van der Waals surface area contributed by atoms with Crippen LogP contribution in [0.3, 0.4) is 0 Å². The predicted molar refractivity (Wildman–Crippen MR) is 111 cm³/mol. The molecule has 3 amide bonds. The van der Waals surface area contributed by atoms with E-state index in [4.69, 9.17) is 0 Å². The molecule has 1 aromatic carbocycles. The summed E-state index contributed by atoms with van der Waals surface area (Å²) in [6.45, 7) is 3.99. The van der Waals surface area contributed by atoms with E-state index in [-0.39, 0.29) is 24.1 Å². The Balaban J connectivity index is 1.48. The number of fused-ring (bicyclic) bond motifs is 1. The molecule has 8 nitrogen and oxygen atoms in total. The second-order valence-electron chi connectivity index (χ2n) is 7.49.